The maximum atomic E-state index is 11.6. The van der Waals surface area contributed by atoms with Gasteiger partial charge in [0.1, 0.15) is 5.65 Å². The monoisotopic (exact) mass is 337 g/mol. The summed E-state index contributed by atoms with van der Waals surface area (Å²) in [6.07, 6.45) is 3.24. The molecular formula is C20H23N3O2. The van der Waals surface area contributed by atoms with Gasteiger partial charge in [-0.2, -0.15) is 0 Å². The highest BCUT2D eigenvalue weighted by molar-refractivity contribution is 6.08. The number of imide groups is 1. The van der Waals surface area contributed by atoms with E-state index in [2.05, 4.69) is 53.8 Å². The molecule has 0 saturated carbocycles. The van der Waals surface area contributed by atoms with E-state index in [1.807, 2.05) is 18.3 Å². The Labute approximate surface area is 147 Å². The first-order valence-corrected chi connectivity index (χ1v) is 8.65. The van der Waals surface area contributed by atoms with E-state index >= 15 is 0 Å². The van der Waals surface area contributed by atoms with Crippen LogP contribution in [0.1, 0.15) is 51.1 Å². The number of amides is 2. The van der Waals surface area contributed by atoms with Gasteiger partial charge >= 0.3 is 0 Å². The summed E-state index contributed by atoms with van der Waals surface area (Å²) in [7, 11) is 0. The molecule has 1 atom stereocenters. The zero-order valence-electron chi connectivity index (χ0n) is 14.8. The zero-order valence-corrected chi connectivity index (χ0v) is 14.8. The molecule has 3 aromatic rings. The Morgan fingerprint density at radius 2 is 2.00 bits per heavy atom. The van der Waals surface area contributed by atoms with Gasteiger partial charge in [0.15, 0.2) is 0 Å². The van der Waals surface area contributed by atoms with Crippen LogP contribution in [-0.4, -0.2) is 21.9 Å². The molecule has 130 valence electrons. The highest BCUT2D eigenvalue weighted by Gasteiger charge is 2.19. The molecule has 1 aromatic carbocycles. The summed E-state index contributed by atoms with van der Waals surface area (Å²) in [5.41, 5.74) is 3.36. The Morgan fingerprint density at radius 1 is 1.24 bits per heavy atom. The lowest BCUT2D eigenvalue weighted by molar-refractivity contribution is -0.125. The number of hydrogen-bond donors (Lipinski definition) is 1. The molecule has 0 aliphatic rings. The van der Waals surface area contributed by atoms with Crippen LogP contribution in [0.15, 0.2) is 36.5 Å². The van der Waals surface area contributed by atoms with Crippen molar-refractivity contribution in [3.05, 3.63) is 42.1 Å². The van der Waals surface area contributed by atoms with Crippen molar-refractivity contribution in [2.75, 3.05) is 0 Å². The van der Waals surface area contributed by atoms with Gasteiger partial charge in [-0.25, -0.2) is 4.98 Å². The van der Waals surface area contributed by atoms with Crippen LogP contribution < -0.4 is 5.32 Å². The fraction of sp³-hybridized carbons (Fsp3) is 0.350. The average Bonchev–Trinajstić information content (AvgIpc) is 2.94. The summed E-state index contributed by atoms with van der Waals surface area (Å²) in [5.74, 6) is 0.150. The molecule has 3 rings (SSSR count). The van der Waals surface area contributed by atoms with Crippen molar-refractivity contribution in [2.24, 2.45) is 0 Å². The third-order valence-corrected chi connectivity index (χ3v) is 4.70. The SMILES string of the molecule is CC(C)c1ccnc2c1c1ccccc1n2C(C)CCC(=O)NC=O. The topological polar surface area (TPSA) is 64.0 Å². The molecule has 1 N–H and O–H groups in total. The van der Waals surface area contributed by atoms with Crippen molar-refractivity contribution in [1.29, 1.82) is 0 Å². The number of rotatable bonds is 6. The Balaban J connectivity index is 2.12. The number of nitrogens with one attached hydrogen (secondary N) is 1. The largest absolute Gasteiger partial charge is 0.322 e. The van der Waals surface area contributed by atoms with Crippen LogP contribution in [0.3, 0.4) is 0 Å². The van der Waals surface area contributed by atoms with E-state index in [0.29, 0.717) is 25.2 Å². The normalized spacial score (nSPS) is 12.6. The third kappa shape index (κ3) is 3.14. The molecule has 0 spiro atoms. The molecule has 5 heteroatoms. The molecule has 0 radical (unpaired) electrons. The summed E-state index contributed by atoms with van der Waals surface area (Å²) >= 11 is 0. The number of pyridine rings is 1. The van der Waals surface area contributed by atoms with E-state index in [1.165, 1.54) is 16.3 Å². The number of carbonyl (C=O) groups is 2. The summed E-state index contributed by atoms with van der Waals surface area (Å²) in [4.78, 5) is 26.7. The molecule has 0 saturated heterocycles. The van der Waals surface area contributed by atoms with E-state index in [1.54, 1.807) is 0 Å². The standard InChI is InChI=1S/C20H23N3O2/c1-13(2)15-10-11-21-20-19(15)16-6-4-5-7-17(16)23(20)14(3)8-9-18(25)22-12-24/h4-7,10-14H,8-9H2,1-3H3,(H,22,24,25). The first kappa shape index (κ1) is 17.1. The Bertz CT molecular complexity index is 927. The molecule has 25 heavy (non-hydrogen) atoms. The van der Waals surface area contributed by atoms with Crippen molar-refractivity contribution in [3.8, 4) is 0 Å². The van der Waals surface area contributed by atoms with Crippen LogP contribution in [0, 0.1) is 0 Å². The molecular weight excluding hydrogens is 314 g/mol. The third-order valence-electron chi connectivity index (χ3n) is 4.70. The first-order chi connectivity index (χ1) is 12.0. The highest BCUT2D eigenvalue weighted by atomic mass is 16.2. The maximum absolute atomic E-state index is 11.6. The quantitative estimate of drug-likeness (QED) is 0.693. The van der Waals surface area contributed by atoms with E-state index in [0.717, 1.165) is 11.2 Å². The van der Waals surface area contributed by atoms with Crippen molar-refractivity contribution in [3.63, 3.8) is 0 Å². The van der Waals surface area contributed by atoms with Crippen LogP contribution in [0.2, 0.25) is 0 Å². The minimum Gasteiger partial charge on any atom is -0.322 e. The predicted octanol–water partition coefficient (Wildman–Crippen LogP) is 3.93. The van der Waals surface area contributed by atoms with Crippen LogP contribution >= 0.6 is 0 Å². The smallest absolute Gasteiger partial charge is 0.226 e. The second-order valence-electron chi connectivity index (χ2n) is 6.71. The number of hydrogen-bond acceptors (Lipinski definition) is 3. The zero-order chi connectivity index (χ0) is 18.0. The lowest BCUT2D eigenvalue weighted by atomic mass is 9.99. The van der Waals surface area contributed by atoms with Crippen molar-refractivity contribution in [1.82, 2.24) is 14.9 Å². The van der Waals surface area contributed by atoms with E-state index in [4.69, 9.17) is 0 Å². The van der Waals surface area contributed by atoms with Crippen LogP contribution in [0.25, 0.3) is 21.9 Å². The summed E-state index contributed by atoms with van der Waals surface area (Å²) < 4.78 is 2.21. The summed E-state index contributed by atoms with van der Waals surface area (Å²) in [6.45, 7) is 6.46. The van der Waals surface area contributed by atoms with E-state index in [9.17, 15) is 9.59 Å². The Hall–Kier alpha value is -2.69. The second kappa shape index (κ2) is 7.05. The Morgan fingerprint density at radius 3 is 2.72 bits per heavy atom. The van der Waals surface area contributed by atoms with E-state index in [-0.39, 0.29) is 11.9 Å². The fourth-order valence-electron chi connectivity index (χ4n) is 3.47. The molecule has 1 unspecified atom stereocenters. The van der Waals surface area contributed by atoms with Gasteiger partial charge in [-0.15, -0.1) is 0 Å². The maximum Gasteiger partial charge on any atom is 0.226 e. The molecule has 2 heterocycles. The van der Waals surface area contributed by atoms with Crippen molar-refractivity contribution >= 4 is 34.3 Å². The van der Waals surface area contributed by atoms with Crippen molar-refractivity contribution in [2.45, 2.75) is 45.6 Å². The predicted molar refractivity (Wildman–Crippen MR) is 99.5 cm³/mol. The van der Waals surface area contributed by atoms with Gasteiger partial charge in [-0.05, 0) is 37.0 Å². The van der Waals surface area contributed by atoms with Gasteiger partial charge in [0.25, 0.3) is 0 Å². The molecule has 0 fully saturated rings. The average molecular weight is 337 g/mol. The fourth-order valence-corrected chi connectivity index (χ4v) is 3.47. The van der Waals surface area contributed by atoms with Gasteiger partial charge in [0, 0.05) is 29.4 Å². The minimum atomic E-state index is -0.251. The van der Waals surface area contributed by atoms with Gasteiger partial charge in [0.2, 0.25) is 12.3 Å². The highest BCUT2D eigenvalue weighted by Crippen LogP contribution is 2.36. The van der Waals surface area contributed by atoms with Gasteiger partial charge in [0.05, 0.1) is 5.52 Å². The lowest BCUT2D eigenvalue weighted by Crippen LogP contribution is -2.21. The van der Waals surface area contributed by atoms with Crippen LogP contribution in [0.5, 0.6) is 0 Å². The number of para-hydroxylation sites is 1. The molecule has 0 aliphatic carbocycles. The number of nitrogens with zero attached hydrogens (tertiary/aromatic N) is 2. The lowest BCUT2D eigenvalue weighted by Gasteiger charge is -2.16. The number of aromatic nitrogens is 2. The summed E-state index contributed by atoms with van der Waals surface area (Å²) in [5, 5.41) is 4.59. The molecule has 2 amide bonds. The van der Waals surface area contributed by atoms with E-state index < -0.39 is 0 Å². The molecule has 0 bridgehead atoms. The number of fused-ring (bicyclic) bond motifs is 3. The molecule has 0 aliphatic heterocycles. The number of carbonyl (C=O) groups excluding carboxylic acids is 2. The molecule has 5 nitrogen and oxygen atoms in total. The second-order valence-corrected chi connectivity index (χ2v) is 6.71. The van der Waals surface area contributed by atoms with Crippen molar-refractivity contribution < 1.29 is 9.59 Å². The number of benzene rings is 1. The first-order valence-electron chi connectivity index (χ1n) is 8.65. The van der Waals surface area contributed by atoms with Gasteiger partial charge in [-0.3, -0.25) is 14.9 Å². The summed E-state index contributed by atoms with van der Waals surface area (Å²) in [6, 6.07) is 10.5. The van der Waals surface area contributed by atoms with Crippen LogP contribution in [-0.2, 0) is 9.59 Å². The van der Waals surface area contributed by atoms with Gasteiger partial charge < -0.3 is 4.57 Å². The Kier molecular flexibility index (Phi) is 4.83. The van der Waals surface area contributed by atoms with Crippen LogP contribution in [0.4, 0.5) is 0 Å². The van der Waals surface area contributed by atoms with Gasteiger partial charge in [-0.1, -0.05) is 32.0 Å². The minimum absolute atomic E-state index is 0.0923. The molecule has 2 aromatic heterocycles.